The fourth-order valence-electron chi connectivity index (χ4n) is 1.66. The van der Waals surface area contributed by atoms with Crippen LogP contribution < -0.4 is 11.1 Å². The van der Waals surface area contributed by atoms with E-state index < -0.39 is 10.1 Å². The van der Waals surface area contributed by atoms with E-state index in [1.54, 1.807) is 0 Å². The summed E-state index contributed by atoms with van der Waals surface area (Å²) < 4.78 is 25.9. The summed E-state index contributed by atoms with van der Waals surface area (Å²) in [6, 6.07) is -0.00463. The molecule has 1 heterocycles. The molecule has 2 aliphatic rings. The number of amides is 1. The maximum atomic E-state index is 10.6. The van der Waals surface area contributed by atoms with Gasteiger partial charge in [0.2, 0.25) is 5.91 Å². The molecule has 14 heavy (non-hydrogen) atoms. The number of nitrogens with two attached hydrogens (primary N) is 1. The van der Waals surface area contributed by atoms with Crippen LogP contribution in [-0.4, -0.2) is 37.7 Å². The zero-order valence-electron chi connectivity index (χ0n) is 7.80. The van der Waals surface area contributed by atoms with Gasteiger partial charge >= 0.3 is 0 Å². The molecule has 0 aromatic rings. The van der Waals surface area contributed by atoms with Crippen molar-refractivity contribution in [1.82, 2.24) is 5.32 Å². The molecule has 3 unspecified atom stereocenters. The number of primary amides is 1. The fourth-order valence-corrected chi connectivity index (χ4v) is 1.66. The van der Waals surface area contributed by atoms with Crippen LogP contribution in [-0.2, 0) is 14.9 Å². The molecular formula is C7H14N2O4S. The van der Waals surface area contributed by atoms with Crippen LogP contribution in [0.2, 0.25) is 0 Å². The van der Waals surface area contributed by atoms with Crippen molar-refractivity contribution in [2.75, 3.05) is 12.8 Å². The van der Waals surface area contributed by atoms with E-state index in [1.165, 1.54) is 6.42 Å². The van der Waals surface area contributed by atoms with Gasteiger partial charge in [0.1, 0.15) is 0 Å². The van der Waals surface area contributed by atoms with E-state index in [2.05, 4.69) is 5.32 Å². The molecule has 1 aliphatic heterocycles. The minimum absolute atomic E-state index is 0.00463. The molecule has 2 fully saturated rings. The van der Waals surface area contributed by atoms with Crippen LogP contribution in [0.4, 0.5) is 0 Å². The Kier molecular flexibility index (Phi) is 3.13. The molecule has 0 bridgehead atoms. The molecule has 0 aromatic carbocycles. The van der Waals surface area contributed by atoms with Crippen LogP contribution in [0.25, 0.3) is 0 Å². The summed E-state index contributed by atoms with van der Waals surface area (Å²) in [5, 5.41) is 3.08. The van der Waals surface area contributed by atoms with Crippen molar-refractivity contribution in [3.8, 4) is 0 Å². The Hall–Kier alpha value is -0.660. The Bertz CT molecular complexity index is 319. The average molecular weight is 222 g/mol. The smallest absolute Gasteiger partial charge is 0.261 e. The van der Waals surface area contributed by atoms with Gasteiger partial charge < -0.3 is 11.1 Å². The molecule has 1 saturated heterocycles. The Morgan fingerprint density at radius 1 is 1.57 bits per heavy atom. The van der Waals surface area contributed by atoms with Gasteiger partial charge in [0.05, 0.1) is 12.3 Å². The zero-order valence-corrected chi connectivity index (χ0v) is 8.62. The van der Waals surface area contributed by atoms with Crippen molar-refractivity contribution in [3.63, 3.8) is 0 Å². The lowest BCUT2D eigenvalue weighted by atomic mass is 10.2. The first-order valence-corrected chi connectivity index (χ1v) is 6.09. The minimum Gasteiger partial charge on any atom is -0.368 e. The van der Waals surface area contributed by atoms with E-state index in [9.17, 15) is 13.2 Å². The Balaban J connectivity index is 0.000000171. The first-order chi connectivity index (χ1) is 6.29. The number of hydrogen-bond acceptors (Lipinski definition) is 4. The molecule has 4 N–H and O–H groups in total. The van der Waals surface area contributed by atoms with Crippen molar-refractivity contribution >= 4 is 16.0 Å². The van der Waals surface area contributed by atoms with Crippen molar-refractivity contribution in [2.24, 2.45) is 17.6 Å². The van der Waals surface area contributed by atoms with E-state index in [-0.39, 0.29) is 11.9 Å². The number of piperidine rings is 1. The molecule has 3 atom stereocenters. The van der Waals surface area contributed by atoms with E-state index in [1.807, 2.05) is 0 Å². The maximum absolute atomic E-state index is 10.6. The third kappa shape index (κ3) is 3.60. The predicted octanol–water partition coefficient (Wildman–Crippen LogP) is -1.42. The minimum atomic E-state index is -3.67. The van der Waals surface area contributed by atoms with Crippen molar-refractivity contribution < 1.29 is 17.8 Å². The molecule has 1 amide bonds. The van der Waals surface area contributed by atoms with Gasteiger partial charge in [-0.3, -0.25) is 9.35 Å². The van der Waals surface area contributed by atoms with Gasteiger partial charge in [-0.1, -0.05) is 0 Å². The highest BCUT2D eigenvalue weighted by molar-refractivity contribution is 7.85. The zero-order chi connectivity index (χ0) is 10.9. The molecule has 1 aliphatic carbocycles. The maximum Gasteiger partial charge on any atom is 0.261 e. The molecule has 0 aromatic heterocycles. The normalized spacial score (nSPS) is 34.0. The van der Waals surface area contributed by atoms with Gasteiger partial charge in [-0.2, -0.15) is 8.42 Å². The second kappa shape index (κ2) is 3.84. The van der Waals surface area contributed by atoms with Crippen LogP contribution in [0.15, 0.2) is 0 Å². The molecule has 1 saturated carbocycles. The highest BCUT2D eigenvalue weighted by Gasteiger charge is 2.50. The average Bonchev–Trinajstić information content (AvgIpc) is 2.58. The number of carbonyl (C=O) groups excluding carboxylic acids is 1. The van der Waals surface area contributed by atoms with Gasteiger partial charge in [-0.25, -0.2) is 0 Å². The number of hydrogen-bond donors (Lipinski definition) is 3. The monoisotopic (exact) mass is 222 g/mol. The number of nitrogens with one attached hydrogen (secondary N) is 1. The summed E-state index contributed by atoms with van der Waals surface area (Å²) in [6.07, 6.45) is 1.92. The highest BCUT2D eigenvalue weighted by Crippen LogP contribution is 2.44. The van der Waals surface area contributed by atoms with E-state index in [0.717, 1.165) is 12.5 Å². The van der Waals surface area contributed by atoms with Gasteiger partial charge in [-0.05, 0) is 24.8 Å². The molecule has 6 nitrogen and oxygen atoms in total. The lowest BCUT2D eigenvalue weighted by molar-refractivity contribution is -0.120. The highest BCUT2D eigenvalue weighted by atomic mass is 32.2. The quantitative estimate of drug-likeness (QED) is 0.472. The van der Waals surface area contributed by atoms with Crippen LogP contribution >= 0.6 is 0 Å². The fraction of sp³-hybridized carbons (Fsp3) is 0.857. The summed E-state index contributed by atoms with van der Waals surface area (Å²) in [4.78, 5) is 10.6. The Morgan fingerprint density at radius 3 is 2.21 bits per heavy atom. The van der Waals surface area contributed by atoms with Gasteiger partial charge in [0.15, 0.2) is 0 Å². The third-order valence-corrected chi connectivity index (χ3v) is 2.31. The van der Waals surface area contributed by atoms with Crippen LogP contribution in [0.3, 0.4) is 0 Å². The van der Waals surface area contributed by atoms with Gasteiger partial charge in [-0.15, -0.1) is 0 Å². The lowest BCUT2D eigenvalue weighted by Crippen LogP contribution is -2.39. The standard InChI is InChI=1S/C6H10N2O.CH4O3S/c7-6(9)5-4-1-3(4)2-8-5;1-5(2,3)4/h3-5,8H,1-2H2,(H2,7,9);1H3,(H,2,3,4). The second-order valence-electron chi connectivity index (χ2n) is 3.68. The molecule has 2 rings (SSSR count). The third-order valence-electron chi connectivity index (χ3n) is 2.31. The molecule has 7 heteroatoms. The van der Waals surface area contributed by atoms with Crippen LogP contribution in [0.1, 0.15) is 6.42 Å². The van der Waals surface area contributed by atoms with E-state index >= 15 is 0 Å². The lowest BCUT2D eigenvalue weighted by Gasteiger charge is -2.06. The number of fused-ring (bicyclic) bond motifs is 1. The largest absolute Gasteiger partial charge is 0.368 e. The van der Waals surface area contributed by atoms with Gasteiger partial charge in [0.25, 0.3) is 10.1 Å². The summed E-state index contributed by atoms with van der Waals surface area (Å²) in [5.41, 5.74) is 5.11. The van der Waals surface area contributed by atoms with Crippen molar-refractivity contribution in [1.29, 1.82) is 0 Å². The Labute approximate surface area is 82.6 Å². The molecule has 0 spiro atoms. The topological polar surface area (TPSA) is 109 Å². The summed E-state index contributed by atoms with van der Waals surface area (Å²) in [6.45, 7) is 0.998. The van der Waals surface area contributed by atoms with E-state index in [0.29, 0.717) is 12.2 Å². The molecule has 82 valence electrons. The van der Waals surface area contributed by atoms with Crippen molar-refractivity contribution in [3.05, 3.63) is 0 Å². The van der Waals surface area contributed by atoms with E-state index in [4.69, 9.17) is 10.3 Å². The first-order valence-electron chi connectivity index (χ1n) is 4.24. The molecule has 0 radical (unpaired) electrons. The van der Waals surface area contributed by atoms with Gasteiger partial charge in [0, 0.05) is 0 Å². The second-order valence-corrected chi connectivity index (χ2v) is 5.15. The Morgan fingerprint density at radius 2 is 2.07 bits per heavy atom. The molecular weight excluding hydrogens is 208 g/mol. The van der Waals surface area contributed by atoms with Crippen LogP contribution in [0, 0.1) is 11.8 Å². The number of rotatable bonds is 1. The van der Waals surface area contributed by atoms with Crippen LogP contribution in [0.5, 0.6) is 0 Å². The number of carbonyl (C=O) groups is 1. The van der Waals surface area contributed by atoms with Crippen molar-refractivity contribution in [2.45, 2.75) is 12.5 Å². The predicted molar refractivity (Wildman–Crippen MR) is 50.1 cm³/mol. The summed E-state index contributed by atoms with van der Waals surface area (Å²) >= 11 is 0. The first kappa shape index (κ1) is 11.4. The summed E-state index contributed by atoms with van der Waals surface area (Å²) in [7, 11) is -3.67. The SMILES string of the molecule is CS(=O)(=O)O.NC(=O)C1NCC2CC21. The summed E-state index contributed by atoms with van der Waals surface area (Å²) in [5.74, 6) is 1.17.